The van der Waals surface area contributed by atoms with Gasteiger partial charge in [-0.1, -0.05) is 13.8 Å². The van der Waals surface area contributed by atoms with Gasteiger partial charge in [0.15, 0.2) is 0 Å². The maximum Gasteiger partial charge on any atom is 0.327 e. The highest BCUT2D eigenvalue weighted by atomic mass is 16.6. The van der Waals surface area contributed by atoms with Gasteiger partial charge in [0.2, 0.25) is 0 Å². The summed E-state index contributed by atoms with van der Waals surface area (Å²) in [5.41, 5.74) is 0. The number of esters is 2. The first-order valence-electron chi connectivity index (χ1n) is 5.35. The van der Waals surface area contributed by atoms with Gasteiger partial charge in [-0.05, 0) is 25.9 Å². The van der Waals surface area contributed by atoms with Crippen molar-refractivity contribution in [2.75, 3.05) is 26.2 Å². The average Bonchev–Trinajstić information content (AvgIpc) is 2.18. The molecule has 15 heavy (non-hydrogen) atoms. The van der Waals surface area contributed by atoms with Crippen molar-refractivity contribution in [1.29, 1.82) is 0 Å². The molecule has 0 unspecified atom stereocenters. The van der Waals surface area contributed by atoms with Crippen LogP contribution in [0.3, 0.4) is 0 Å². The molecule has 88 valence electrons. The number of nitrogens with one attached hydrogen (secondary N) is 2. The molecule has 5 heteroatoms. The first kappa shape index (κ1) is 14.1. The van der Waals surface area contributed by atoms with E-state index in [4.69, 9.17) is 0 Å². The summed E-state index contributed by atoms with van der Waals surface area (Å²) in [5.74, 6) is -1.04. The van der Waals surface area contributed by atoms with Crippen LogP contribution in [-0.4, -0.2) is 38.1 Å². The van der Waals surface area contributed by atoms with Crippen molar-refractivity contribution in [1.82, 2.24) is 10.6 Å². The lowest BCUT2D eigenvalue weighted by Gasteiger charge is -2.04. The zero-order chi connectivity index (χ0) is 11.5. The molecule has 0 aromatic carbocycles. The second kappa shape index (κ2) is 9.61. The molecule has 0 atom stereocenters. The number of rotatable bonds is 8. The summed E-state index contributed by atoms with van der Waals surface area (Å²) in [6.45, 7) is 5.67. The van der Waals surface area contributed by atoms with E-state index in [-0.39, 0.29) is 13.1 Å². The highest BCUT2D eigenvalue weighted by molar-refractivity contribution is 5.87. The first-order valence-corrected chi connectivity index (χ1v) is 5.35. The molecule has 5 nitrogen and oxygen atoms in total. The molecular formula is C10H20N2O3. The molecular weight excluding hydrogens is 196 g/mol. The van der Waals surface area contributed by atoms with E-state index in [2.05, 4.69) is 15.4 Å². The van der Waals surface area contributed by atoms with Gasteiger partial charge in [0.05, 0.1) is 13.1 Å². The fraction of sp³-hybridized carbons (Fsp3) is 0.800. The minimum Gasteiger partial charge on any atom is -0.391 e. The van der Waals surface area contributed by atoms with Gasteiger partial charge in [-0.2, -0.15) is 0 Å². The van der Waals surface area contributed by atoms with E-state index < -0.39 is 11.9 Å². The zero-order valence-corrected chi connectivity index (χ0v) is 9.47. The second-order valence-corrected chi connectivity index (χ2v) is 3.20. The molecule has 0 aliphatic heterocycles. The third-order valence-corrected chi connectivity index (χ3v) is 1.62. The van der Waals surface area contributed by atoms with E-state index in [1.54, 1.807) is 0 Å². The predicted molar refractivity (Wildman–Crippen MR) is 57.4 cm³/mol. The quantitative estimate of drug-likeness (QED) is 0.341. The molecule has 0 aromatic heterocycles. The van der Waals surface area contributed by atoms with Gasteiger partial charge in [-0.25, -0.2) is 0 Å². The molecule has 0 aliphatic carbocycles. The van der Waals surface area contributed by atoms with Crippen LogP contribution in [0.25, 0.3) is 0 Å². The molecule has 0 fully saturated rings. The zero-order valence-electron chi connectivity index (χ0n) is 9.47. The van der Waals surface area contributed by atoms with E-state index in [1.807, 2.05) is 13.8 Å². The second-order valence-electron chi connectivity index (χ2n) is 3.20. The van der Waals surface area contributed by atoms with Crippen LogP contribution < -0.4 is 10.6 Å². The van der Waals surface area contributed by atoms with Gasteiger partial charge >= 0.3 is 11.9 Å². The average molecular weight is 216 g/mol. The predicted octanol–water partition coefficient (Wildman–Crippen LogP) is 0.0554. The topological polar surface area (TPSA) is 67.4 Å². The summed E-state index contributed by atoms with van der Waals surface area (Å²) < 4.78 is 4.54. The Morgan fingerprint density at radius 1 is 0.933 bits per heavy atom. The van der Waals surface area contributed by atoms with Crippen LogP contribution in [0.1, 0.15) is 26.7 Å². The Kier molecular flexibility index (Phi) is 9.01. The van der Waals surface area contributed by atoms with Crippen molar-refractivity contribution in [3.05, 3.63) is 0 Å². The molecule has 0 aromatic rings. The first-order chi connectivity index (χ1) is 7.20. The number of hydrogen-bond acceptors (Lipinski definition) is 5. The van der Waals surface area contributed by atoms with Crippen molar-refractivity contribution in [3.8, 4) is 0 Å². The summed E-state index contributed by atoms with van der Waals surface area (Å²) in [4.78, 5) is 22.1. The molecule has 0 aliphatic rings. The molecule has 2 N–H and O–H groups in total. The Hall–Kier alpha value is -0.940. The molecule has 0 saturated carbocycles. The maximum atomic E-state index is 11.0. The number of carbonyl (C=O) groups is 2. The molecule has 0 amide bonds. The van der Waals surface area contributed by atoms with Crippen molar-refractivity contribution in [2.45, 2.75) is 26.7 Å². The van der Waals surface area contributed by atoms with Gasteiger partial charge in [-0.15, -0.1) is 0 Å². The van der Waals surface area contributed by atoms with Crippen LogP contribution in [-0.2, 0) is 14.3 Å². The molecule has 0 radical (unpaired) electrons. The third kappa shape index (κ3) is 9.37. The fourth-order valence-electron chi connectivity index (χ4n) is 0.934. The highest BCUT2D eigenvalue weighted by Gasteiger charge is 2.08. The summed E-state index contributed by atoms with van der Waals surface area (Å²) in [7, 11) is 0. The molecule has 0 bridgehead atoms. The molecule has 0 heterocycles. The van der Waals surface area contributed by atoms with Crippen molar-refractivity contribution >= 4 is 11.9 Å². The Morgan fingerprint density at radius 2 is 1.33 bits per heavy atom. The number of hydrogen-bond donors (Lipinski definition) is 2. The summed E-state index contributed by atoms with van der Waals surface area (Å²) in [6, 6.07) is 0. The lowest BCUT2D eigenvalue weighted by Crippen LogP contribution is -2.31. The minimum absolute atomic E-state index is 0.0906. The van der Waals surface area contributed by atoms with Gasteiger partial charge in [0.25, 0.3) is 0 Å². The summed E-state index contributed by atoms with van der Waals surface area (Å²) >= 11 is 0. The van der Waals surface area contributed by atoms with Crippen molar-refractivity contribution < 1.29 is 14.3 Å². The monoisotopic (exact) mass is 216 g/mol. The SMILES string of the molecule is CCCNCC(=O)OC(=O)CNCCC. The van der Waals surface area contributed by atoms with E-state index in [9.17, 15) is 9.59 Å². The van der Waals surface area contributed by atoms with Crippen LogP contribution in [0.4, 0.5) is 0 Å². The Bertz CT molecular complexity index is 175. The number of ether oxygens (including phenoxy) is 1. The fourth-order valence-corrected chi connectivity index (χ4v) is 0.934. The summed E-state index contributed by atoms with van der Waals surface area (Å²) in [5, 5.41) is 5.72. The number of carbonyl (C=O) groups excluding carboxylic acids is 2. The van der Waals surface area contributed by atoms with Crippen LogP contribution >= 0.6 is 0 Å². The lowest BCUT2D eigenvalue weighted by atomic mass is 10.4. The van der Waals surface area contributed by atoms with Gasteiger partial charge < -0.3 is 15.4 Å². The molecule has 0 spiro atoms. The van der Waals surface area contributed by atoms with Crippen LogP contribution in [0.2, 0.25) is 0 Å². The van der Waals surface area contributed by atoms with Crippen LogP contribution in [0.15, 0.2) is 0 Å². The van der Waals surface area contributed by atoms with E-state index in [0.717, 1.165) is 25.9 Å². The Morgan fingerprint density at radius 3 is 1.67 bits per heavy atom. The van der Waals surface area contributed by atoms with E-state index in [0.29, 0.717) is 0 Å². The standard InChI is InChI=1S/C10H20N2O3/c1-3-5-11-7-9(13)15-10(14)8-12-6-4-2/h11-12H,3-8H2,1-2H3. The normalized spacial score (nSPS) is 10.0. The Balaban J connectivity index is 3.45. The molecule has 0 rings (SSSR count). The van der Waals surface area contributed by atoms with E-state index in [1.165, 1.54) is 0 Å². The Labute approximate surface area is 90.6 Å². The van der Waals surface area contributed by atoms with Crippen molar-refractivity contribution in [2.24, 2.45) is 0 Å². The maximum absolute atomic E-state index is 11.0. The van der Waals surface area contributed by atoms with Crippen molar-refractivity contribution in [3.63, 3.8) is 0 Å². The molecule has 0 saturated heterocycles. The third-order valence-electron chi connectivity index (χ3n) is 1.62. The lowest BCUT2D eigenvalue weighted by molar-refractivity contribution is -0.158. The largest absolute Gasteiger partial charge is 0.391 e. The van der Waals surface area contributed by atoms with E-state index >= 15 is 0 Å². The van der Waals surface area contributed by atoms with Crippen LogP contribution in [0, 0.1) is 0 Å². The summed E-state index contributed by atoms with van der Waals surface area (Å²) in [6.07, 6.45) is 1.89. The van der Waals surface area contributed by atoms with Gasteiger partial charge in [-0.3, -0.25) is 9.59 Å². The highest BCUT2D eigenvalue weighted by Crippen LogP contribution is 1.80. The minimum atomic E-state index is -0.522. The van der Waals surface area contributed by atoms with Gasteiger partial charge in [0, 0.05) is 0 Å². The van der Waals surface area contributed by atoms with Crippen LogP contribution in [0.5, 0.6) is 0 Å². The smallest absolute Gasteiger partial charge is 0.327 e. The van der Waals surface area contributed by atoms with Gasteiger partial charge in [0.1, 0.15) is 0 Å².